The van der Waals surface area contributed by atoms with Crippen molar-refractivity contribution in [3.8, 4) is 17.2 Å². The van der Waals surface area contributed by atoms with E-state index in [2.05, 4.69) is 12.2 Å². The number of para-hydroxylation sites is 1. The maximum atomic E-state index is 13.1. The lowest BCUT2D eigenvalue weighted by atomic mass is 10.0. The summed E-state index contributed by atoms with van der Waals surface area (Å²) in [6.07, 6.45) is -3.35. The first-order valence-electron chi connectivity index (χ1n) is 24.7. The summed E-state index contributed by atoms with van der Waals surface area (Å²) >= 11 is 16.9. The molecule has 0 spiro atoms. The third-order valence-electron chi connectivity index (χ3n) is 11.6. The smallest absolute Gasteiger partial charge is 0.431 e. The zero-order chi connectivity index (χ0) is 61.0. The van der Waals surface area contributed by atoms with Gasteiger partial charge < -0.3 is 47.9 Å². The Balaban J connectivity index is 0.000000319. The van der Waals surface area contributed by atoms with Crippen molar-refractivity contribution in [3.63, 3.8) is 0 Å². The minimum atomic E-state index is -4.84. The van der Waals surface area contributed by atoms with Gasteiger partial charge in [-0.3, -0.25) is 38.5 Å². The Labute approximate surface area is 480 Å². The fraction of sp³-hybridized carbons (Fsp3) is 0.434. The fourth-order valence-electron chi connectivity index (χ4n) is 7.59. The number of benzene rings is 3. The molecular formula is C53H66Cl3F3N5O16P. The number of carboxylic acid groups (broad SMARTS) is 1. The van der Waals surface area contributed by atoms with Crippen LogP contribution in [0.3, 0.4) is 0 Å². The number of nitrogens with one attached hydrogen (secondary N) is 1. The van der Waals surface area contributed by atoms with Crippen LogP contribution in [0.15, 0.2) is 99.1 Å². The molecule has 81 heavy (non-hydrogen) atoms. The van der Waals surface area contributed by atoms with Gasteiger partial charge in [0.1, 0.15) is 54.0 Å². The van der Waals surface area contributed by atoms with E-state index in [0.29, 0.717) is 51.2 Å². The van der Waals surface area contributed by atoms with E-state index in [0.717, 1.165) is 42.3 Å². The molecule has 1 fully saturated rings. The Bertz CT molecular complexity index is 3050. The third-order valence-corrected chi connectivity index (χ3v) is 12.9. The number of rotatable bonds is 20. The van der Waals surface area contributed by atoms with E-state index in [1.165, 1.54) is 36.3 Å². The molecule has 0 aliphatic carbocycles. The zero-order valence-corrected chi connectivity index (χ0v) is 49.0. The van der Waals surface area contributed by atoms with Gasteiger partial charge in [-0.1, -0.05) is 67.4 Å². The Morgan fingerprint density at radius 1 is 0.963 bits per heavy atom. The van der Waals surface area contributed by atoms with Crippen LogP contribution in [0, 0.1) is 6.92 Å². The summed E-state index contributed by atoms with van der Waals surface area (Å²) in [5.74, 6) is -0.663. The predicted molar refractivity (Wildman–Crippen MR) is 296 cm³/mol. The molecule has 5 aromatic rings. The molecule has 6 rings (SSSR count). The second-order valence-electron chi connectivity index (χ2n) is 17.9. The number of aryl methyl sites for hydroxylation is 3. The third kappa shape index (κ3) is 20.9. The van der Waals surface area contributed by atoms with Crippen LogP contribution in [0.25, 0.3) is 5.69 Å². The number of hydrogen-bond acceptors (Lipinski definition) is 14. The topological polar surface area (TPSA) is 268 Å². The van der Waals surface area contributed by atoms with Crippen LogP contribution < -0.4 is 30.9 Å². The number of carboxylic acids is 1. The number of carbonyl (C=O) groups is 4. The van der Waals surface area contributed by atoms with Gasteiger partial charge in [0.25, 0.3) is 11.5 Å². The SMILES string of the molecule is CC1(C)OC(c2ccco2)CN1C(=O)C(Cl)Cl.CCOCN(C(=O)CCl)c1c(C)cccc1CC.CCc1ccc(COc2ccc(-n3c(=O)cc(C(F)(F)F)n(C)c3=O)cc2)c(OC(C)C(=O)OC)c1.O=C(O)CNCP(=O)(O)O. The van der Waals surface area contributed by atoms with Gasteiger partial charge in [-0.25, -0.2) is 14.2 Å². The Morgan fingerprint density at radius 3 is 2.16 bits per heavy atom. The van der Waals surface area contributed by atoms with Gasteiger partial charge in [-0.2, -0.15) is 13.2 Å². The van der Waals surface area contributed by atoms with Crippen LogP contribution >= 0.6 is 42.4 Å². The molecule has 3 aromatic carbocycles. The molecule has 1 saturated heterocycles. The molecule has 21 nitrogen and oxygen atoms in total. The normalized spacial score (nSPS) is 14.0. The molecule has 2 aromatic heterocycles. The van der Waals surface area contributed by atoms with E-state index >= 15 is 0 Å². The van der Waals surface area contributed by atoms with Crippen LogP contribution in [-0.4, -0.2) is 115 Å². The van der Waals surface area contributed by atoms with E-state index in [1.807, 2.05) is 63.2 Å². The highest BCUT2D eigenvalue weighted by Gasteiger charge is 2.45. The van der Waals surface area contributed by atoms with Crippen molar-refractivity contribution in [2.75, 3.05) is 50.6 Å². The molecule has 0 bridgehead atoms. The quantitative estimate of drug-likeness (QED) is 0.0247. The largest absolute Gasteiger partial charge is 0.489 e. The number of halogens is 6. The number of ether oxygens (including phenoxy) is 5. The predicted octanol–water partition coefficient (Wildman–Crippen LogP) is 8.28. The summed E-state index contributed by atoms with van der Waals surface area (Å²) in [5.41, 5.74) is 0.583. The summed E-state index contributed by atoms with van der Waals surface area (Å²) in [4.78, 5) is 88.5. The molecule has 28 heteroatoms. The highest BCUT2D eigenvalue weighted by atomic mass is 35.5. The molecular weight excluding hydrogens is 1160 g/mol. The number of carbonyl (C=O) groups excluding carboxylic acids is 3. The number of aromatic nitrogens is 2. The summed E-state index contributed by atoms with van der Waals surface area (Å²) in [6.45, 7) is 14.0. The van der Waals surface area contributed by atoms with Gasteiger partial charge in [0.2, 0.25) is 5.91 Å². The highest BCUT2D eigenvalue weighted by Crippen LogP contribution is 2.37. The van der Waals surface area contributed by atoms with Crippen molar-refractivity contribution in [3.05, 3.63) is 140 Å². The van der Waals surface area contributed by atoms with Crippen LogP contribution in [0.4, 0.5) is 18.9 Å². The van der Waals surface area contributed by atoms with Gasteiger partial charge >= 0.3 is 31.4 Å². The molecule has 0 saturated carbocycles. The maximum absolute atomic E-state index is 13.1. The van der Waals surface area contributed by atoms with Crippen molar-refractivity contribution < 1.29 is 79.9 Å². The number of amides is 2. The second-order valence-corrected chi connectivity index (χ2v) is 20.9. The number of hydrogen-bond donors (Lipinski definition) is 4. The minimum absolute atomic E-state index is 0.0371. The minimum Gasteiger partial charge on any atom is -0.489 e. The second kappa shape index (κ2) is 31.9. The van der Waals surface area contributed by atoms with Crippen molar-refractivity contribution >= 4 is 71.8 Å². The van der Waals surface area contributed by atoms with Crippen molar-refractivity contribution in [1.82, 2.24) is 19.4 Å². The average molecular weight is 1220 g/mol. The van der Waals surface area contributed by atoms with E-state index in [1.54, 1.807) is 38.0 Å². The standard InChI is InChI=1S/C25H25F3N2O6.C14H20ClNO2.C11H13Cl2NO3.C3H8NO5P/c1-5-16-6-7-17(20(12-16)36-15(2)23(32)34-4)14-35-19-10-8-18(9-11-19)30-22(31)13-21(25(26,27)28)29(3)24(30)33;1-4-12-8-6-7-11(3)14(12)16(10-18-5-2)13(17)9-15;1-11(2)14(10(15)9(12)13)6-8(17-11)7-4-3-5-16-7;5-3(6)1-4-2-10(7,8)9/h6-13,15H,5,14H2,1-4H3;6-8H,4-5,9-10H2,1-3H3;3-5,8-9H,6H2,1-2H3;4H,1-2H2,(H,5,6)(H2,7,8,9). The molecule has 0 radical (unpaired) electrons. The van der Waals surface area contributed by atoms with E-state index < -0.39 is 72.1 Å². The molecule has 1 aliphatic rings. The Morgan fingerprint density at radius 2 is 1.63 bits per heavy atom. The number of methoxy groups -OCH3 is 1. The number of alkyl halides is 6. The average Bonchev–Trinajstić information content (AvgIpc) is 4.07. The lowest BCUT2D eigenvalue weighted by molar-refractivity contribution is -0.148. The van der Waals surface area contributed by atoms with E-state index in [4.69, 9.17) is 77.8 Å². The number of nitrogens with zero attached hydrogens (tertiary/aromatic N) is 4. The van der Waals surface area contributed by atoms with Gasteiger partial charge in [-0.05, 0) is 107 Å². The van der Waals surface area contributed by atoms with Crippen LogP contribution in [0.2, 0.25) is 0 Å². The van der Waals surface area contributed by atoms with E-state index in [9.17, 15) is 46.5 Å². The van der Waals surface area contributed by atoms with Gasteiger partial charge in [0.05, 0.1) is 44.1 Å². The van der Waals surface area contributed by atoms with Crippen LogP contribution in [0.5, 0.6) is 11.5 Å². The molecule has 4 N–H and O–H groups in total. The van der Waals surface area contributed by atoms with Crippen molar-refractivity contribution in [2.45, 2.75) is 96.9 Å². The van der Waals surface area contributed by atoms with Crippen molar-refractivity contribution in [1.29, 1.82) is 0 Å². The molecule has 1 aliphatic heterocycles. The molecule has 446 valence electrons. The summed E-state index contributed by atoms with van der Waals surface area (Å²) < 4.78 is 82.9. The molecule has 2 amide bonds. The Hall–Kier alpha value is -6.21. The first-order chi connectivity index (χ1) is 37.9. The molecule has 2 atom stereocenters. The number of anilines is 1. The van der Waals surface area contributed by atoms with Gasteiger partial charge in [0.15, 0.2) is 10.9 Å². The fourth-order valence-corrected chi connectivity index (χ4v) is 8.37. The van der Waals surface area contributed by atoms with Gasteiger partial charge in [0, 0.05) is 25.3 Å². The first kappa shape index (κ1) is 69.1. The molecule has 2 unspecified atom stereocenters. The summed E-state index contributed by atoms with van der Waals surface area (Å²) in [7, 11) is -1.88. The monoisotopic (exact) mass is 1220 g/mol. The van der Waals surface area contributed by atoms with Gasteiger partial charge in [-0.15, -0.1) is 11.6 Å². The first-order valence-corrected chi connectivity index (χ1v) is 28.0. The summed E-state index contributed by atoms with van der Waals surface area (Å²) in [5, 5.41) is 10.1. The highest BCUT2D eigenvalue weighted by molar-refractivity contribution is 7.51. The van der Waals surface area contributed by atoms with Crippen molar-refractivity contribution in [2.24, 2.45) is 7.05 Å². The zero-order valence-electron chi connectivity index (χ0n) is 45.8. The number of furan rings is 1. The number of aliphatic carboxylic acids is 1. The maximum Gasteiger partial charge on any atom is 0.431 e. The molecule has 3 heterocycles. The van der Waals surface area contributed by atoms with Crippen LogP contribution in [0.1, 0.15) is 81.4 Å². The lowest BCUT2D eigenvalue weighted by Gasteiger charge is -2.29. The van der Waals surface area contributed by atoms with E-state index in [-0.39, 0.29) is 42.8 Å². The number of esters is 1. The Kier molecular flexibility index (Phi) is 27.2. The lowest BCUT2D eigenvalue weighted by Crippen LogP contribution is -2.45. The van der Waals surface area contributed by atoms with Crippen LogP contribution in [-0.2, 0) is 70.6 Å². The summed E-state index contributed by atoms with van der Waals surface area (Å²) in [6, 6.07) is 21.3.